The van der Waals surface area contributed by atoms with Crippen molar-refractivity contribution in [2.75, 3.05) is 26.1 Å². The van der Waals surface area contributed by atoms with Gasteiger partial charge in [-0.1, -0.05) is 18.2 Å². The van der Waals surface area contributed by atoms with E-state index in [2.05, 4.69) is 10.1 Å². The van der Waals surface area contributed by atoms with Crippen molar-refractivity contribution in [3.8, 4) is 0 Å². The molecule has 0 aliphatic carbocycles. The number of nitrogens with one attached hydrogen (secondary N) is 1. The van der Waals surface area contributed by atoms with Crippen LogP contribution in [0.15, 0.2) is 47.1 Å². The summed E-state index contributed by atoms with van der Waals surface area (Å²) in [6.07, 6.45) is -0.519. The quantitative estimate of drug-likeness (QED) is 0.522. The molecule has 1 unspecified atom stereocenters. The number of hydrogen-bond acceptors (Lipinski definition) is 9. The zero-order chi connectivity index (χ0) is 22.1. The fraction of sp³-hybridized carbons (Fsp3) is 0.300. The van der Waals surface area contributed by atoms with E-state index in [1.807, 2.05) is 0 Å². The van der Waals surface area contributed by atoms with Gasteiger partial charge in [0.2, 0.25) is 11.8 Å². The zero-order valence-electron chi connectivity index (χ0n) is 16.6. The van der Waals surface area contributed by atoms with Gasteiger partial charge in [0, 0.05) is 11.3 Å². The standard InChI is InChI=1S/C20H20N2O8/c1-4-29-18(25)15-16(21)30-12(9-13(23)27-2)14(17(24)28-3)20(15)10-7-5-6-8-11(10)22-19(20)26/h5-8H,4,9,21H2,1-3H3,(H,22,26). The van der Waals surface area contributed by atoms with Crippen LogP contribution in [0.1, 0.15) is 18.9 Å². The van der Waals surface area contributed by atoms with Crippen molar-refractivity contribution in [1.29, 1.82) is 0 Å². The van der Waals surface area contributed by atoms with Crippen LogP contribution in [0.25, 0.3) is 0 Å². The molecule has 30 heavy (non-hydrogen) atoms. The number of amides is 1. The molecule has 0 saturated heterocycles. The normalized spacial score (nSPS) is 19.8. The van der Waals surface area contributed by atoms with Gasteiger partial charge in [0.1, 0.15) is 28.7 Å². The monoisotopic (exact) mass is 416 g/mol. The van der Waals surface area contributed by atoms with Gasteiger partial charge in [0.25, 0.3) is 0 Å². The predicted molar refractivity (Wildman–Crippen MR) is 101 cm³/mol. The Kier molecular flexibility index (Phi) is 5.50. The highest BCUT2D eigenvalue weighted by Gasteiger charge is 2.62. The number of carbonyl (C=O) groups excluding carboxylic acids is 4. The molecule has 3 N–H and O–H groups in total. The third-order valence-electron chi connectivity index (χ3n) is 4.83. The van der Waals surface area contributed by atoms with Crippen LogP contribution in [0.3, 0.4) is 0 Å². The summed E-state index contributed by atoms with van der Waals surface area (Å²) in [4.78, 5) is 51.1. The van der Waals surface area contributed by atoms with Crippen LogP contribution >= 0.6 is 0 Å². The number of anilines is 1. The van der Waals surface area contributed by atoms with Crippen molar-refractivity contribution in [3.63, 3.8) is 0 Å². The third-order valence-corrected chi connectivity index (χ3v) is 4.83. The first-order chi connectivity index (χ1) is 14.3. The van der Waals surface area contributed by atoms with Gasteiger partial charge in [-0.3, -0.25) is 9.59 Å². The Morgan fingerprint density at radius 2 is 1.80 bits per heavy atom. The van der Waals surface area contributed by atoms with E-state index in [0.29, 0.717) is 5.69 Å². The summed E-state index contributed by atoms with van der Waals surface area (Å²) in [5.41, 5.74) is 3.91. The van der Waals surface area contributed by atoms with Crippen LogP contribution in [0.2, 0.25) is 0 Å². The Morgan fingerprint density at radius 3 is 2.43 bits per heavy atom. The largest absolute Gasteiger partial charge is 0.469 e. The number of fused-ring (bicyclic) bond motifs is 2. The number of benzene rings is 1. The Bertz CT molecular complexity index is 1010. The lowest BCUT2D eigenvalue weighted by molar-refractivity contribution is -0.142. The number of carbonyl (C=O) groups is 4. The summed E-state index contributed by atoms with van der Waals surface area (Å²) >= 11 is 0. The predicted octanol–water partition coefficient (Wildman–Crippen LogP) is 0.630. The maximum absolute atomic E-state index is 13.4. The molecule has 158 valence electrons. The van der Waals surface area contributed by atoms with Crippen LogP contribution < -0.4 is 11.1 Å². The van der Waals surface area contributed by atoms with Crippen molar-refractivity contribution in [2.24, 2.45) is 5.73 Å². The molecule has 1 spiro atoms. The highest BCUT2D eigenvalue weighted by atomic mass is 16.5. The molecular weight excluding hydrogens is 396 g/mol. The number of para-hydroxylation sites is 1. The number of ether oxygens (including phenoxy) is 4. The van der Waals surface area contributed by atoms with Gasteiger partial charge in [0.05, 0.1) is 20.8 Å². The van der Waals surface area contributed by atoms with Gasteiger partial charge < -0.3 is 30.0 Å². The van der Waals surface area contributed by atoms with Gasteiger partial charge >= 0.3 is 17.9 Å². The SMILES string of the molecule is CCOC(=O)C1=C(N)OC(CC(=O)OC)=C(C(=O)OC)C12C(=O)Nc1ccccc12. The summed E-state index contributed by atoms with van der Waals surface area (Å²) in [6.45, 7) is 1.56. The van der Waals surface area contributed by atoms with Gasteiger partial charge in [-0.25, -0.2) is 9.59 Å². The van der Waals surface area contributed by atoms with E-state index in [9.17, 15) is 19.2 Å². The van der Waals surface area contributed by atoms with Crippen molar-refractivity contribution in [2.45, 2.75) is 18.8 Å². The second kappa shape index (κ2) is 7.90. The van der Waals surface area contributed by atoms with Gasteiger partial charge in [-0.05, 0) is 13.0 Å². The Labute approximate surface area is 171 Å². The van der Waals surface area contributed by atoms with Gasteiger partial charge in [-0.2, -0.15) is 0 Å². The van der Waals surface area contributed by atoms with Crippen molar-refractivity contribution in [1.82, 2.24) is 0 Å². The van der Waals surface area contributed by atoms with Crippen molar-refractivity contribution < 1.29 is 38.1 Å². The molecule has 0 radical (unpaired) electrons. The Morgan fingerprint density at radius 1 is 1.10 bits per heavy atom. The lowest BCUT2D eigenvalue weighted by atomic mass is 9.67. The average molecular weight is 416 g/mol. The van der Waals surface area contributed by atoms with E-state index in [0.717, 1.165) is 14.2 Å². The maximum Gasteiger partial charge on any atom is 0.341 e. The molecule has 1 aromatic rings. The van der Waals surface area contributed by atoms with E-state index in [4.69, 9.17) is 19.9 Å². The Hall–Kier alpha value is -3.82. The molecule has 0 saturated carbocycles. The van der Waals surface area contributed by atoms with Crippen LogP contribution in [0.4, 0.5) is 5.69 Å². The lowest BCUT2D eigenvalue weighted by Crippen LogP contribution is -2.48. The molecule has 0 bridgehead atoms. The summed E-state index contributed by atoms with van der Waals surface area (Å²) < 4.78 is 20.1. The second-order valence-corrected chi connectivity index (χ2v) is 6.35. The van der Waals surface area contributed by atoms with E-state index in [-0.39, 0.29) is 29.1 Å². The minimum Gasteiger partial charge on any atom is -0.469 e. The summed E-state index contributed by atoms with van der Waals surface area (Å²) in [7, 11) is 2.25. The number of methoxy groups -OCH3 is 2. The van der Waals surface area contributed by atoms with E-state index >= 15 is 0 Å². The molecule has 2 aliphatic rings. The minimum absolute atomic E-state index is 0.0126. The highest BCUT2D eigenvalue weighted by Crippen LogP contribution is 2.52. The van der Waals surface area contributed by atoms with Crippen LogP contribution in [0, 0.1) is 0 Å². The molecule has 1 amide bonds. The minimum atomic E-state index is -2.03. The third kappa shape index (κ3) is 2.97. The first-order valence-electron chi connectivity index (χ1n) is 8.97. The van der Waals surface area contributed by atoms with Crippen molar-refractivity contribution >= 4 is 29.5 Å². The fourth-order valence-electron chi connectivity index (χ4n) is 3.66. The summed E-state index contributed by atoms with van der Waals surface area (Å²) in [5.74, 6) is -4.13. The van der Waals surface area contributed by atoms with E-state index in [1.165, 1.54) is 0 Å². The molecule has 2 aliphatic heterocycles. The molecule has 1 atom stereocenters. The number of hydrogen-bond donors (Lipinski definition) is 2. The topological polar surface area (TPSA) is 143 Å². The number of nitrogens with two attached hydrogens (primary N) is 1. The molecule has 10 heteroatoms. The first-order valence-corrected chi connectivity index (χ1v) is 8.97. The average Bonchev–Trinajstić information content (AvgIpc) is 2.99. The Balaban J connectivity index is 2.41. The maximum atomic E-state index is 13.4. The summed E-state index contributed by atoms with van der Waals surface area (Å²) in [5, 5.41) is 2.65. The smallest absolute Gasteiger partial charge is 0.341 e. The van der Waals surface area contributed by atoms with E-state index in [1.54, 1.807) is 31.2 Å². The van der Waals surface area contributed by atoms with Gasteiger partial charge in [-0.15, -0.1) is 0 Å². The molecular formula is C20H20N2O8. The highest BCUT2D eigenvalue weighted by molar-refractivity contribution is 6.21. The zero-order valence-corrected chi connectivity index (χ0v) is 16.6. The molecule has 2 heterocycles. The van der Waals surface area contributed by atoms with E-state index < -0.39 is 41.5 Å². The molecule has 0 fully saturated rings. The molecule has 3 rings (SSSR count). The van der Waals surface area contributed by atoms with Crippen molar-refractivity contribution in [3.05, 3.63) is 52.6 Å². The summed E-state index contributed by atoms with van der Waals surface area (Å²) in [6, 6.07) is 6.46. The first kappa shape index (κ1) is 20.9. The number of esters is 3. The fourth-order valence-corrected chi connectivity index (χ4v) is 3.66. The molecule has 1 aromatic carbocycles. The van der Waals surface area contributed by atoms with Gasteiger partial charge in [0.15, 0.2) is 0 Å². The van der Waals surface area contributed by atoms with Crippen LogP contribution in [0.5, 0.6) is 0 Å². The number of rotatable bonds is 5. The van der Waals surface area contributed by atoms with Crippen LogP contribution in [-0.2, 0) is 43.5 Å². The second-order valence-electron chi connectivity index (χ2n) is 6.35. The lowest BCUT2D eigenvalue weighted by Gasteiger charge is -2.35. The molecule has 0 aromatic heterocycles. The molecule has 10 nitrogen and oxygen atoms in total. The van der Waals surface area contributed by atoms with Crippen LogP contribution in [-0.4, -0.2) is 44.6 Å².